The number of anilines is 1. The molecule has 2 heterocycles. The molecule has 20 heavy (non-hydrogen) atoms. The number of nitrogens with zero attached hydrogens (tertiary/aromatic N) is 3. The molecule has 3 N–H and O–H groups in total. The summed E-state index contributed by atoms with van der Waals surface area (Å²) in [6, 6.07) is 0.332. The number of hydrogen-bond donors (Lipinski definition) is 3. The van der Waals surface area contributed by atoms with Crippen LogP contribution in [0.15, 0.2) is 24.8 Å². The van der Waals surface area contributed by atoms with Crippen molar-refractivity contribution >= 4 is 17.5 Å². The molecule has 0 saturated heterocycles. The van der Waals surface area contributed by atoms with E-state index in [-0.39, 0.29) is 18.4 Å². The largest absolute Gasteiger partial charge is 0.352 e. The average Bonchev–Trinajstić information content (AvgIpc) is 2.93. The number of carbonyl (C=O) groups is 2. The molecule has 2 aromatic heterocycles. The van der Waals surface area contributed by atoms with Crippen LogP contribution in [0.4, 0.5) is 5.69 Å². The number of H-pyrrole nitrogens is 1. The lowest BCUT2D eigenvalue weighted by Crippen LogP contribution is -2.29. The second-order valence-electron chi connectivity index (χ2n) is 4.71. The molecule has 1 aliphatic carbocycles. The zero-order chi connectivity index (χ0) is 13.9. The molecule has 0 radical (unpaired) electrons. The van der Waals surface area contributed by atoms with Crippen molar-refractivity contribution in [3.05, 3.63) is 30.4 Å². The first-order chi connectivity index (χ1) is 9.70. The summed E-state index contributed by atoms with van der Waals surface area (Å²) in [4.78, 5) is 23.4. The minimum atomic E-state index is -0.277. The van der Waals surface area contributed by atoms with Gasteiger partial charge in [0.05, 0.1) is 23.6 Å². The van der Waals surface area contributed by atoms with Gasteiger partial charge < -0.3 is 10.6 Å². The molecule has 0 unspecified atom stereocenters. The van der Waals surface area contributed by atoms with Gasteiger partial charge in [-0.1, -0.05) is 0 Å². The van der Waals surface area contributed by atoms with E-state index in [1.165, 1.54) is 23.3 Å². The third kappa shape index (κ3) is 3.02. The first kappa shape index (κ1) is 12.4. The van der Waals surface area contributed by atoms with E-state index >= 15 is 0 Å². The fourth-order valence-electron chi connectivity index (χ4n) is 1.74. The van der Waals surface area contributed by atoms with Crippen LogP contribution in [0.1, 0.15) is 23.2 Å². The van der Waals surface area contributed by atoms with Gasteiger partial charge in [-0.15, -0.1) is 0 Å². The normalized spacial score (nSPS) is 14.0. The smallest absolute Gasteiger partial charge is 0.258 e. The molecule has 104 valence electrons. The number of aromatic nitrogens is 4. The fourth-order valence-corrected chi connectivity index (χ4v) is 1.74. The highest BCUT2D eigenvalue weighted by atomic mass is 16.2. The van der Waals surface area contributed by atoms with Crippen LogP contribution < -0.4 is 10.6 Å². The Balaban J connectivity index is 1.56. The maximum Gasteiger partial charge on any atom is 0.258 e. The van der Waals surface area contributed by atoms with Crippen LogP contribution >= 0.6 is 0 Å². The Morgan fingerprint density at radius 3 is 2.95 bits per heavy atom. The molecule has 1 saturated carbocycles. The van der Waals surface area contributed by atoms with E-state index in [2.05, 4.69) is 25.9 Å². The zero-order valence-corrected chi connectivity index (χ0v) is 10.7. The highest BCUT2D eigenvalue weighted by Crippen LogP contribution is 2.18. The van der Waals surface area contributed by atoms with E-state index in [4.69, 9.17) is 0 Å². The van der Waals surface area contributed by atoms with Crippen LogP contribution in [0.2, 0.25) is 0 Å². The van der Waals surface area contributed by atoms with Gasteiger partial charge in [-0.2, -0.15) is 10.2 Å². The van der Waals surface area contributed by atoms with Crippen molar-refractivity contribution in [2.75, 3.05) is 5.32 Å². The van der Waals surface area contributed by atoms with Crippen molar-refractivity contribution in [2.45, 2.75) is 25.4 Å². The Morgan fingerprint density at radius 2 is 2.25 bits per heavy atom. The predicted octanol–water partition coefficient (Wildman–Crippen LogP) is 0.137. The van der Waals surface area contributed by atoms with Gasteiger partial charge >= 0.3 is 0 Å². The predicted molar refractivity (Wildman–Crippen MR) is 69.9 cm³/mol. The van der Waals surface area contributed by atoms with E-state index in [1.54, 1.807) is 6.20 Å². The number of aromatic amines is 1. The summed E-state index contributed by atoms with van der Waals surface area (Å²) in [6.45, 7) is 0.151. The van der Waals surface area contributed by atoms with Gasteiger partial charge in [0, 0.05) is 18.4 Å². The van der Waals surface area contributed by atoms with Crippen molar-refractivity contribution in [1.29, 1.82) is 0 Å². The standard InChI is InChI=1S/C12H14N6O2/c19-11(16-9-1-2-9)7-18-6-10(5-15-18)17-12(20)8-3-13-14-4-8/h3-6,9H,1-2,7H2,(H,13,14)(H,16,19)(H,17,20). The Morgan fingerprint density at radius 1 is 1.40 bits per heavy atom. The summed E-state index contributed by atoms with van der Waals surface area (Å²) < 4.78 is 1.49. The highest BCUT2D eigenvalue weighted by Gasteiger charge is 2.23. The number of amides is 2. The van der Waals surface area contributed by atoms with Gasteiger partial charge in [0.15, 0.2) is 0 Å². The van der Waals surface area contributed by atoms with Crippen LogP contribution in [0, 0.1) is 0 Å². The molecule has 0 aliphatic heterocycles. The topological polar surface area (TPSA) is 105 Å². The van der Waals surface area contributed by atoms with Crippen LogP contribution in [-0.2, 0) is 11.3 Å². The second kappa shape index (κ2) is 5.16. The van der Waals surface area contributed by atoms with Crippen molar-refractivity contribution < 1.29 is 9.59 Å². The maximum absolute atomic E-state index is 11.8. The molecule has 0 spiro atoms. The van der Waals surface area contributed by atoms with E-state index in [9.17, 15) is 9.59 Å². The first-order valence-corrected chi connectivity index (χ1v) is 6.32. The monoisotopic (exact) mass is 274 g/mol. The van der Waals surface area contributed by atoms with Gasteiger partial charge in [0.1, 0.15) is 6.54 Å². The summed E-state index contributed by atoms with van der Waals surface area (Å²) in [5, 5.41) is 15.9. The Hall–Kier alpha value is -2.64. The maximum atomic E-state index is 11.8. The van der Waals surface area contributed by atoms with E-state index in [0.29, 0.717) is 17.3 Å². The number of carbonyl (C=O) groups excluding carboxylic acids is 2. The van der Waals surface area contributed by atoms with Gasteiger partial charge in [0.2, 0.25) is 5.91 Å². The molecule has 8 heteroatoms. The molecule has 2 amide bonds. The van der Waals surface area contributed by atoms with Crippen molar-refractivity contribution in [1.82, 2.24) is 25.3 Å². The number of nitrogens with one attached hydrogen (secondary N) is 3. The Kier molecular flexibility index (Phi) is 3.20. The lowest BCUT2D eigenvalue weighted by molar-refractivity contribution is -0.122. The molecule has 0 aromatic carbocycles. The van der Waals surface area contributed by atoms with Crippen molar-refractivity contribution in [2.24, 2.45) is 0 Å². The van der Waals surface area contributed by atoms with Crippen LogP contribution in [0.3, 0.4) is 0 Å². The van der Waals surface area contributed by atoms with Crippen LogP contribution in [0.25, 0.3) is 0 Å². The molecule has 8 nitrogen and oxygen atoms in total. The molecule has 2 aromatic rings. The SMILES string of the molecule is O=C(Cn1cc(NC(=O)c2cn[nH]c2)cn1)NC1CC1. The van der Waals surface area contributed by atoms with Gasteiger partial charge in [0.25, 0.3) is 5.91 Å². The van der Waals surface area contributed by atoms with E-state index in [0.717, 1.165) is 12.8 Å². The first-order valence-electron chi connectivity index (χ1n) is 6.32. The quantitative estimate of drug-likeness (QED) is 0.721. The third-order valence-electron chi connectivity index (χ3n) is 2.90. The summed E-state index contributed by atoms with van der Waals surface area (Å²) in [7, 11) is 0. The number of rotatable bonds is 5. The van der Waals surface area contributed by atoms with Crippen molar-refractivity contribution in [3.63, 3.8) is 0 Å². The van der Waals surface area contributed by atoms with Gasteiger partial charge in [-0.3, -0.25) is 19.4 Å². The van der Waals surface area contributed by atoms with Gasteiger partial charge in [-0.05, 0) is 12.8 Å². The summed E-state index contributed by atoms with van der Waals surface area (Å²) in [5.74, 6) is -0.343. The van der Waals surface area contributed by atoms with Crippen molar-refractivity contribution in [3.8, 4) is 0 Å². The van der Waals surface area contributed by atoms with E-state index in [1.807, 2.05) is 0 Å². The zero-order valence-electron chi connectivity index (χ0n) is 10.7. The molecule has 0 atom stereocenters. The second-order valence-corrected chi connectivity index (χ2v) is 4.71. The summed E-state index contributed by atoms with van der Waals surface area (Å²) >= 11 is 0. The van der Waals surface area contributed by atoms with Crippen LogP contribution in [-0.4, -0.2) is 37.8 Å². The van der Waals surface area contributed by atoms with Gasteiger partial charge in [-0.25, -0.2) is 0 Å². The fraction of sp³-hybridized carbons (Fsp3) is 0.333. The Labute approximate surface area is 114 Å². The Bertz CT molecular complexity index is 614. The van der Waals surface area contributed by atoms with Crippen LogP contribution in [0.5, 0.6) is 0 Å². The third-order valence-corrected chi connectivity index (χ3v) is 2.90. The lowest BCUT2D eigenvalue weighted by Gasteiger charge is -2.02. The average molecular weight is 274 g/mol. The molecular formula is C12H14N6O2. The molecular weight excluding hydrogens is 260 g/mol. The minimum Gasteiger partial charge on any atom is -0.352 e. The molecule has 1 fully saturated rings. The highest BCUT2D eigenvalue weighted by molar-refractivity contribution is 6.03. The number of hydrogen-bond acceptors (Lipinski definition) is 4. The molecule has 3 rings (SSSR count). The molecule has 0 bridgehead atoms. The summed E-state index contributed by atoms with van der Waals surface area (Å²) in [6.07, 6.45) is 8.16. The minimum absolute atomic E-state index is 0.0664. The lowest BCUT2D eigenvalue weighted by atomic mass is 10.3. The van der Waals surface area contributed by atoms with E-state index < -0.39 is 0 Å². The molecule has 1 aliphatic rings. The summed E-state index contributed by atoms with van der Waals surface area (Å²) in [5.41, 5.74) is 0.972.